The summed E-state index contributed by atoms with van der Waals surface area (Å²) in [7, 11) is 0. The standard InChI is InChI=1S/C18H30N4O5/c1-18(2,3)27-16(23)20-15(19-10-12-6-8-26-9-7-12)14-5-4-13-11-21(14)17(24)22(13)25/h12-14,25H,4-11H2,1-3H3,(H,19,20,23)/t13-,14+/m1/s1. The number of nitrogens with zero attached hydrogens (tertiary/aromatic N) is 3. The van der Waals surface area contributed by atoms with E-state index in [1.165, 1.54) is 0 Å². The minimum Gasteiger partial charge on any atom is -0.444 e. The zero-order valence-corrected chi connectivity index (χ0v) is 16.3. The molecule has 2 atom stereocenters. The molecule has 0 unspecified atom stereocenters. The Morgan fingerprint density at radius 3 is 2.67 bits per heavy atom. The van der Waals surface area contributed by atoms with Gasteiger partial charge in [-0.2, -0.15) is 0 Å². The van der Waals surface area contributed by atoms with E-state index in [4.69, 9.17) is 9.47 Å². The SMILES string of the molecule is CC(C)(C)OC(=O)NC(=NCC1CCOCC1)[C@@H]1CC[C@@H]2CN1C(=O)N2O. The summed E-state index contributed by atoms with van der Waals surface area (Å²) in [6.07, 6.45) is 2.58. The number of amidine groups is 1. The molecule has 3 amide bonds. The van der Waals surface area contributed by atoms with Gasteiger partial charge in [0, 0.05) is 26.3 Å². The van der Waals surface area contributed by atoms with Crippen LogP contribution in [0.5, 0.6) is 0 Å². The lowest BCUT2D eigenvalue weighted by Gasteiger charge is -2.32. The number of piperidine rings is 1. The highest BCUT2D eigenvalue weighted by Gasteiger charge is 2.46. The Kier molecular flexibility index (Phi) is 5.90. The fraction of sp³-hybridized carbons (Fsp3) is 0.833. The van der Waals surface area contributed by atoms with Crippen LogP contribution in [0, 0.1) is 5.92 Å². The molecule has 152 valence electrons. The van der Waals surface area contributed by atoms with Crippen molar-refractivity contribution in [3.8, 4) is 0 Å². The van der Waals surface area contributed by atoms with E-state index in [9.17, 15) is 14.8 Å². The number of hydrogen-bond donors (Lipinski definition) is 2. The van der Waals surface area contributed by atoms with Crippen molar-refractivity contribution in [3.05, 3.63) is 0 Å². The van der Waals surface area contributed by atoms with Gasteiger partial charge in [0.15, 0.2) is 0 Å². The van der Waals surface area contributed by atoms with E-state index in [1.54, 1.807) is 25.7 Å². The first-order valence-corrected chi connectivity index (χ1v) is 9.65. The summed E-state index contributed by atoms with van der Waals surface area (Å²) in [6, 6.07) is -0.988. The number of alkyl carbamates (subject to hydrolysis) is 1. The number of rotatable bonds is 3. The first-order valence-electron chi connectivity index (χ1n) is 9.65. The Morgan fingerprint density at radius 1 is 1.30 bits per heavy atom. The van der Waals surface area contributed by atoms with Gasteiger partial charge in [-0.05, 0) is 52.4 Å². The highest BCUT2D eigenvalue weighted by atomic mass is 16.6. The molecule has 3 fully saturated rings. The number of carbonyl (C=O) groups is 2. The number of amides is 3. The maximum absolute atomic E-state index is 12.3. The molecule has 0 aromatic rings. The van der Waals surface area contributed by atoms with Crippen LogP contribution in [-0.4, -0.2) is 77.1 Å². The molecule has 0 aromatic carbocycles. The van der Waals surface area contributed by atoms with E-state index < -0.39 is 17.7 Å². The monoisotopic (exact) mass is 382 g/mol. The lowest BCUT2D eigenvalue weighted by atomic mass is 9.98. The average Bonchev–Trinajstić information content (AvgIpc) is 2.83. The Balaban J connectivity index is 1.74. The van der Waals surface area contributed by atoms with Gasteiger partial charge in [0.2, 0.25) is 0 Å². The first-order chi connectivity index (χ1) is 12.7. The van der Waals surface area contributed by atoms with Gasteiger partial charge in [-0.15, -0.1) is 0 Å². The predicted molar refractivity (Wildman–Crippen MR) is 97.8 cm³/mol. The van der Waals surface area contributed by atoms with Crippen LogP contribution in [-0.2, 0) is 9.47 Å². The van der Waals surface area contributed by atoms with Crippen molar-refractivity contribution in [2.45, 2.75) is 64.1 Å². The summed E-state index contributed by atoms with van der Waals surface area (Å²) in [5, 5.41) is 13.5. The molecule has 3 rings (SSSR count). The maximum atomic E-state index is 12.3. The second kappa shape index (κ2) is 8.02. The van der Waals surface area contributed by atoms with Crippen molar-refractivity contribution in [3.63, 3.8) is 0 Å². The average molecular weight is 382 g/mol. The minimum atomic E-state index is -0.626. The molecule has 0 radical (unpaired) electrons. The van der Waals surface area contributed by atoms with Crippen molar-refractivity contribution in [1.82, 2.24) is 15.3 Å². The fourth-order valence-electron chi connectivity index (χ4n) is 3.73. The number of fused-ring (bicyclic) bond motifs is 2. The van der Waals surface area contributed by atoms with Crippen molar-refractivity contribution in [1.29, 1.82) is 0 Å². The summed E-state index contributed by atoms with van der Waals surface area (Å²) in [5.74, 6) is 0.840. The van der Waals surface area contributed by atoms with E-state index >= 15 is 0 Å². The smallest absolute Gasteiger partial charge is 0.413 e. The molecular formula is C18H30N4O5. The van der Waals surface area contributed by atoms with Crippen molar-refractivity contribution >= 4 is 18.0 Å². The maximum Gasteiger partial charge on any atom is 0.413 e. The van der Waals surface area contributed by atoms with Gasteiger partial charge in [-0.25, -0.2) is 14.7 Å². The third kappa shape index (κ3) is 4.90. The summed E-state index contributed by atoms with van der Waals surface area (Å²) >= 11 is 0. The Hall–Kier alpha value is -1.87. The molecule has 0 spiro atoms. The zero-order valence-electron chi connectivity index (χ0n) is 16.3. The molecule has 0 aromatic heterocycles. The molecule has 0 aliphatic carbocycles. The first kappa shape index (κ1) is 19.9. The van der Waals surface area contributed by atoms with E-state index in [0.717, 1.165) is 31.1 Å². The molecule has 27 heavy (non-hydrogen) atoms. The number of carbonyl (C=O) groups excluding carboxylic acids is 2. The second-order valence-corrected chi connectivity index (χ2v) is 8.44. The van der Waals surface area contributed by atoms with E-state index in [0.29, 0.717) is 37.7 Å². The number of urea groups is 1. The van der Waals surface area contributed by atoms with E-state index in [-0.39, 0.29) is 12.1 Å². The Morgan fingerprint density at radius 2 is 2.00 bits per heavy atom. The lowest BCUT2D eigenvalue weighted by Crippen LogP contribution is -2.52. The molecule has 2 N–H and O–H groups in total. The fourth-order valence-corrected chi connectivity index (χ4v) is 3.73. The normalized spacial score (nSPS) is 27.1. The largest absolute Gasteiger partial charge is 0.444 e. The van der Waals surface area contributed by atoms with E-state index in [1.807, 2.05) is 0 Å². The highest BCUT2D eigenvalue weighted by molar-refractivity contribution is 6.00. The molecule has 0 saturated carbocycles. The van der Waals surface area contributed by atoms with Gasteiger partial charge in [-0.1, -0.05) is 0 Å². The Labute approximate surface area is 159 Å². The topological polar surface area (TPSA) is 104 Å². The van der Waals surface area contributed by atoms with Crippen LogP contribution >= 0.6 is 0 Å². The van der Waals surface area contributed by atoms with E-state index in [2.05, 4.69) is 10.3 Å². The highest BCUT2D eigenvalue weighted by Crippen LogP contribution is 2.29. The van der Waals surface area contributed by atoms with Gasteiger partial charge in [0.1, 0.15) is 11.4 Å². The van der Waals surface area contributed by atoms with Gasteiger partial charge in [-0.3, -0.25) is 15.5 Å². The quantitative estimate of drug-likeness (QED) is 0.441. The third-order valence-corrected chi connectivity index (χ3v) is 5.15. The molecular weight excluding hydrogens is 352 g/mol. The van der Waals surface area contributed by atoms with Gasteiger partial charge in [0.25, 0.3) is 0 Å². The van der Waals surface area contributed by atoms with Gasteiger partial charge < -0.3 is 14.4 Å². The second-order valence-electron chi connectivity index (χ2n) is 8.44. The summed E-state index contributed by atoms with van der Waals surface area (Å²) < 4.78 is 10.7. The number of nitrogens with one attached hydrogen (secondary N) is 1. The number of hydrogen-bond acceptors (Lipinski definition) is 6. The Bertz CT molecular complexity index is 597. The summed E-state index contributed by atoms with van der Waals surface area (Å²) in [6.45, 7) is 7.85. The summed E-state index contributed by atoms with van der Waals surface area (Å²) in [5.41, 5.74) is -0.626. The molecule has 3 heterocycles. The predicted octanol–water partition coefficient (Wildman–Crippen LogP) is 1.99. The van der Waals surface area contributed by atoms with Crippen LogP contribution in [0.15, 0.2) is 4.99 Å². The molecule has 9 heteroatoms. The van der Waals surface area contributed by atoms with Crippen LogP contribution in [0.25, 0.3) is 0 Å². The van der Waals surface area contributed by atoms with Crippen molar-refractivity contribution < 1.29 is 24.3 Å². The number of ether oxygens (including phenoxy) is 2. The number of hydroxylamine groups is 2. The summed E-state index contributed by atoms with van der Waals surface area (Å²) in [4.78, 5) is 30.9. The zero-order chi connectivity index (χ0) is 19.6. The molecule has 2 bridgehead atoms. The molecule has 9 nitrogen and oxygen atoms in total. The van der Waals surface area contributed by atoms with Crippen LogP contribution in [0.1, 0.15) is 46.5 Å². The minimum absolute atomic E-state index is 0.188. The third-order valence-electron chi connectivity index (χ3n) is 5.15. The number of aliphatic imine (C=N–C) groups is 1. The molecule has 3 aliphatic heterocycles. The van der Waals surface area contributed by atoms with Crippen LogP contribution in [0.3, 0.4) is 0 Å². The van der Waals surface area contributed by atoms with Gasteiger partial charge in [0.05, 0.1) is 12.1 Å². The van der Waals surface area contributed by atoms with Crippen LogP contribution < -0.4 is 5.32 Å². The molecule has 3 aliphatic rings. The van der Waals surface area contributed by atoms with Crippen molar-refractivity contribution in [2.75, 3.05) is 26.3 Å². The molecule has 3 saturated heterocycles. The van der Waals surface area contributed by atoms with Gasteiger partial charge >= 0.3 is 12.1 Å². The lowest BCUT2D eigenvalue weighted by molar-refractivity contribution is -0.0583. The van der Waals surface area contributed by atoms with Crippen LogP contribution in [0.2, 0.25) is 0 Å². The van der Waals surface area contributed by atoms with Crippen LogP contribution in [0.4, 0.5) is 9.59 Å². The van der Waals surface area contributed by atoms with Crippen molar-refractivity contribution in [2.24, 2.45) is 10.9 Å².